The number of rotatable bonds is 4. The summed E-state index contributed by atoms with van der Waals surface area (Å²) in [6.07, 6.45) is 0. The van der Waals surface area contributed by atoms with E-state index in [1.807, 2.05) is 0 Å². The van der Waals surface area contributed by atoms with E-state index in [9.17, 15) is 13.2 Å². The van der Waals surface area contributed by atoms with E-state index in [4.69, 9.17) is 27.4 Å². The zero-order chi connectivity index (χ0) is 16.3. The van der Waals surface area contributed by atoms with E-state index in [-0.39, 0.29) is 21.6 Å². The summed E-state index contributed by atoms with van der Waals surface area (Å²) in [6, 6.07) is 9.74. The molecule has 0 saturated heterocycles. The highest BCUT2D eigenvalue weighted by molar-refractivity contribution is 7.87. The zero-order valence-electron chi connectivity index (χ0n) is 11.3. The van der Waals surface area contributed by atoms with E-state index in [0.717, 1.165) is 0 Å². The van der Waals surface area contributed by atoms with Gasteiger partial charge in [0, 0.05) is 18.7 Å². The highest BCUT2D eigenvalue weighted by atomic mass is 35.5. The number of halogens is 2. The number of carbonyl (C=O) groups is 1. The molecule has 0 heterocycles. The van der Waals surface area contributed by atoms with Crippen LogP contribution in [0.15, 0.2) is 47.4 Å². The van der Waals surface area contributed by atoms with Crippen LogP contribution >= 0.6 is 23.2 Å². The minimum atomic E-state index is -4.00. The van der Waals surface area contributed by atoms with Crippen molar-refractivity contribution in [1.29, 1.82) is 0 Å². The van der Waals surface area contributed by atoms with E-state index in [0.29, 0.717) is 10.7 Å². The standard InChI is InChI=1S/C14H11Cl2NO4S/c1-9(18)17-10-2-5-12(6-3-10)22(19,20)21-11-4-7-13(15)14(16)8-11/h2-8H,1H3,(H,17,18). The van der Waals surface area contributed by atoms with Gasteiger partial charge in [0.1, 0.15) is 10.6 Å². The summed E-state index contributed by atoms with van der Waals surface area (Å²) in [4.78, 5) is 10.9. The Labute approximate surface area is 137 Å². The molecule has 0 aliphatic heterocycles. The molecule has 8 heteroatoms. The van der Waals surface area contributed by atoms with Crippen molar-refractivity contribution in [2.24, 2.45) is 0 Å². The summed E-state index contributed by atoms with van der Waals surface area (Å²) >= 11 is 11.6. The maximum absolute atomic E-state index is 12.1. The normalized spacial score (nSPS) is 11.0. The Morgan fingerprint density at radius 3 is 2.23 bits per heavy atom. The topological polar surface area (TPSA) is 72.5 Å². The van der Waals surface area contributed by atoms with Crippen molar-refractivity contribution in [2.75, 3.05) is 5.32 Å². The fourth-order valence-electron chi connectivity index (χ4n) is 1.61. The van der Waals surface area contributed by atoms with E-state index < -0.39 is 10.1 Å². The quantitative estimate of drug-likeness (QED) is 0.844. The van der Waals surface area contributed by atoms with Crippen LogP contribution < -0.4 is 9.50 Å². The minimum absolute atomic E-state index is 0.0484. The highest BCUT2D eigenvalue weighted by Gasteiger charge is 2.17. The van der Waals surface area contributed by atoms with Crippen molar-refractivity contribution in [3.63, 3.8) is 0 Å². The summed E-state index contributed by atoms with van der Waals surface area (Å²) in [5.41, 5.74) is 0.487. The van der Waals surface area contributed by atoms with Crippen LogP contribution in [-0.4, -0.2) is 14.3 Å². The van der Waals surface area contributed by atoms with Crippen molar-refractivity contribution in [1.82, 2.24) is 0 Å². The molecular formula is C14H11Cl2NO4S. The third-order valence-corrected chi connectivity index (χ3v) is 4.56. The molecule has 0 fully saturated rings. The van der Waals surface area contributed by atoms with Gasteiger partial charge in [0.2, 0.25) is 5.91 Å². The van der Waals surface area contributed by atoms with Crippen molar-refractivity contribution in [3.05, 3.63) is 52.5 Å². The number of hydrogen-bond donors (Lipinski definition) is 1. The number of benzene rings is 2. The van der Waals surface area contributed by atoms with E-state index in [1.54, 1.807) is 0 Å². The second-order valence-corrected chi connectivity index (χ2v) is 6.68. The Hall–Kier alpha value is -1.76. The van der Waals surface area contributed by atoms with Crippen LogP contribution in [-0.2, 0) is 14.9 Å². The first-order valence-corrected chi connectivity index (χ1v) is 8.21. The van der Waals surface area contributed by atoms with Crippen LogP contribution in [0.2, 0.25) is 10.0 Å². The molecule has 2 aromatic rings. The molecule has 116 valence electrons. The van der Waals surface area contributed by atoms with Crippen LogP contribution in [0, 0.1) is 0 Å². The molecule has 1 N–H and O–H groups in total. The Kier molecular flexibility index (Phi) is 4.95. The van der Waals surface area contributed by atoms with Gasteiger partial charge in [-0.3, -0.25) is 4.79 Å². The van der Waals surface area contributed by atoms with Gasteiger partial charge in [-0.1, -0.05) is 23.2 Å². The SMILES string of the molecule is CC(=O)Nc1ccc(S(=O)(=O)Oc2ccc(Cl)c(Cl)c2)cc1. The van der Waals surface area contributed by atoms with Crippen molar-refractivity contribution >= 4 is 44.9 Å². The van der Waals surface area contributed by atoms with E-state index >= 15 is 0 Å². The molecule has 0 bridgehead atoms. The first-order chi connectivity index (χ1) is 10.3. The van der Waals surface area contributed by atoms with Gasteiger partial charge < -0.3 is 9.50 Å². The summed E-state index contributed by atoms with van der Waals surface area (Å²) in [5.74, 6) is -0.192. The maximum atomic E-state index is 12.1. The maximum Gasteiger partial charge on any atom is 0.339 e. The Balaban J connectivity index is 2.22. The first-order valence-electron chi connectivity index (χ1n) is 6.05. The van der Waals surface area contributed by atoms with Gasteiger partial charge in [0.05, 0.1) is 10.0 Å². The zero-order valence-corrected chi connectivity index (χ0v) is 13.7. The molecule has 0 aliphatic carbocycles. The summed E-state index contributed by atoms with van der Waals surface area (Å²) in [6.45, 7) is 1.36. The molecule has 1 amide bonds. The number of hydrogen-bond acceptors (Lipinski definition) is 4. The lowest BCUT2D eigenvalue weighted by Crippen LogP contribution is -2.10. The van der Waals surface area contributed by atoms with Gasteiger partial charge in [-0.2, -0.15) is 8.42 Å². The van der Waals surface area contributed by atoms with Crippen LogP contribution in [0.25, 0.3) is 0 Å². The largest absolute Gasteiger partial charge is 0.379 e. The summed E-state index contributed by atoms with van der Waals surface area (Å²) in [5, 5.41) is 3.03. The fourth-order valence-corrected chi connectivity index (χ4v) is 2.82. The lowest BCUT2D eigenvalue weighted by molar-refractivity contribution is -0.114. The molecule has 22 heavy (non-hydrogen) atoms. The fraction of sp³-hybridized carbons (Fsp3) is 0.0714. The van der Waals surface area contributed by atoms with Crippen LogP contribution in [0.1, 0.15) is 6.92 Å². The number of anilines is 1. The number of amides is 1. The molecular weight excluding hydrogens is 349 g/mol. The molecule has 0 saturated carbocycles. The van der Waals surface area contributed by atoms with E-state index in [1.165, 1.54) is 49.4 Å². The van der Waals surface area contributed by atoms with Gasteiger partial charge in [-0.25, -0.2) is 0 Å². The molecule has 0 atom stereocenters. The lowest BCUT2D eigenvalue weighted by atomic mass is 10.3. The third-order valence-electron chi connectivity index (χ3n) is 2.56. The van der Waals surface area contributed by atoms with Gasteiger partial charge in [-0.05, 0) is 36.4 Å². The minimum Gasteiger partial charge on any atom is -0.379 e. The molecule has 0 aliphatic rings. The molecule has 0 unspecified atom stereocenters. The molecule has 2 aromatic carbocycles. The van der Waals surface area contributed by atoms with Gasteiger partial charge in [0.25, 0.3) is 0 Å². The monoisotopic (exact) mass is 359 g/mol. The van der Waals surface area contributed by atoms with E-state index in [2.05, 4.69) is 5.32 Å². The predicted octanol–water partition coefficient (Wildman–Crippen LogP) is 3.72. The predicted molar refractivity (Wildman–Crippen MR) is 85.0 cm³/mol. The van der Waals surface area contributed by atoms with Crippen molar-refractivity contribution in [3.8, 4) is 5.75 Å². The second-order valence-electron chi connectivity index (χ2n) is 4.32. The summed E-state index contributed by atoms with van der Waals surface area (Å²) < 4.78 is 29.3. The third kappa shape index (κ3) is 4.13. The van der Waals surface area contributed by atoms with Crippen molar-refractivity contribution in [2.45, 2.75) is 11.8 Å². The van der Waals surface area contributed by atoms with Gasteiger partial charge in [-0.15, -0.1) is 0 Å². The van der Waals surface area contributed by atoms with Crippen molar-refractivity contribution < 1.29 is 17.4 Å². The molecule has 0 aromatic heterocycles. The molecule has 5 nitrogen and oxygen atoms in total. The van der Waals surface area contributed by atoms with Crippen LogP contribution in [0.3, 0.4) is 0 Å². The Morgan fingerprint density at radius 1 is 1.05 bits per heavy atom. The molecule has 0 spiro atoms. The highest BCUT2D eigenvalue weighted by Crippen LogP contribution is 2.28. The number of carbonyl (C=O) groups excluding carboxylic acids is 1. The Morgan fingerprint density at radius 2 is 1.68 bits per heavy atom. The number of nitrogens with one attached hydrogen (secondary N) is 1. The molecule has 0 radical (unpaired) electrons. The van der Waals surface area contributed by atoms with Gasteiger partial charge in [0.15, 0.2) is 0 Å². The smallest absolute Gasteiger partial charge is 0.339 e. The first kappa shape index (κ1) is 16.6. The lowest BCUT2D eigenvalue weighted by Gasteiger charge is -2.08. The molecule has 2 rings (SSSR count). The second kappa shape index (κ2) is 6.56. The van der Waals surface area contributed by atoms with Crippen LogP contribution in [0.5, 0.6) is 5.75 Å². The summed E-state index contributed by atoms with van der Waals surface area (Å²) in [7, 11) is -4.00. The van der Waals surface area contributed by atoms with Gasteiger partial charge >= 0.3 is 10.1 Å². The van der Waals surface area contributed by atoms with Crippen LogP contribution in [0.4, 0.5) is 5.69 Å². The Bertz CT molecular complexity index is 804. The average molecular weight is 360 g/mol. The average Bonchev–Trinajstić information content (AvgIpc) is 2.42.